The molecule has 3 unspecified atom stereocenters. The standard InChI is InChI=1S/C24H28N2O/c1-4-26(5-2)24(27)18-13-14-22-21(15-18)19-7-6-8-20(19)23(25-22)17-11-9-16(3)10-12-17/h6-7,9-15,19-20,23,25H,4-5,8H2,1-3H3. The van der Waals surface area contributed by atoms with Gasteiger partial charge in [-0.15, -0.1) is 0 Å². The number of hydrogen-bond donors (Lipinski definition) is 1. The van der Waals surface area contributed by atoms with Crippen molar-refractivity contribution >= 4 is 11.6 Å². The van der Waals surface area contributed by atoms with Crippen LogP contribution in [0.1, 0.15) is 59.3 Å². The first kappa shape index (κ1) is 17.8. The molecule has 1 heterocycles. The maximum atomic E-state index is 12.8. The SMILES string of the molecule is CCN(CC)C(=O)c1ccc2c(c1)C1C=CCC1C(c1ccc(C)cc1)N2. The Labute approximate surface area is 162 Å². The number of fused-ring (bicyclic) bond motifs is 3. The van der Waals surface area contributed by atoms with Gasteiger partial charge in [0.25, 0.3) is 5.91 Å². The minimum Gasteiger partial charge on any atom is -0.378 e. The largest absolute Gasteiger partial charge is 0.378 e. The van der Waals surface area contributed by atoms with E-state index in [4.69, 9.17) is 0 Å². The van der Waals surface area contributed by atoms with E-state index in [2.05, 4.69) is 60.8 Å². The number of hydrogen-bond acceptors (Lipinski definition) is 2. The molecule has 1 aliphatic heterocycles. The van der Waals surface area contributed by atoms with E-state index in [1.807, 2.05) is 24.8 Å². The number of aryl methyl sites for hydroxylation is 1. The molecule has 0 bridgehead atoms. The van der Waals surface area contributed by atoms with E-state index < -0.39 is 0 Å². The minimum absolute atomic E-state index is 0.127. The van der Waals surface area contributed by atoms with Crippen LogP contribution in [0.4, 0.5) is 5.69 Å². The molecule has 0 saturated heterocycles. The fourth-order valence-electron chi connectivity index (χ4n) is 4.52. The highest BCUT2D eigenvalue weighted by molar-refractivity contribution is 5.95. The molecular formula is C24H28N2O. The summed E-state index contributed by atoms with van der Waals surface area (Å²) < 4.78 is 0. The smallest absolute Gasteiger partial charge is 0.253 e. The van der Waals surface area contributed by atoms with Crippen molar-refractivity contribution < 1.29 is 4.79 Å². The fourth-order valence-corrected chi connectivity index (χ4v) is 4.52. The van der Waals surface area contributed by atoms with Crippen LogP contribution >= 0.6 is 0 Å². The number of rotatable bonds is 4. The molecule has 2 aromatic rings. The lowest BCUT2D eigenvalue weighted by Gasteiger charge is -2.38. The number of carbonyl (C=O) groups excluding carboxylic acids is 1. The fraction of sp³-hybridized carbons (Fsp3) is 0.375. The molecule has 140 valence electrons. The number of amides is 1. The molecule has 0 fully saturated rings. The summed E-state index contributed by atoms with van der Waals surface area (Å²) in [6, 6.07) is 15.3. The van der Waals surface area contributed by atoms with Crippen LogP contribution in [-0.4, -0.2) is 23.9 Å². The van der Waals surface area contributed by atoms with Gasteiger partial charge in [0.1, 0.15) is 0 Å². The average molecular weight is 361 g/mol. The van der Waals surface area contributed by atoms with Crippen molar-refractivity contribution in [2.24, 2.45) is 5.92 Å². The van der Waals surface area contributed by atoms with Gasteiger partial charge in [-0.05, 0) is 62.4 Å². The Balaban J connectivity index is 1.69. The van der Waals surface area contributed by atoms with Crippen molar-refractivity contribution in [2.45, 2.75) is 39.2 Å². The molecule has 2 aliphatic rings. The molecule has 27 heavy (non-hydrogen) atoms. The summed E-state index contributed by atoms with van der Waals surface area (Å²) in [7, 11) is 0. The number of allylic oxidation sites excluding steroid dienone is 2. The van der Waals surface area contributed by atoms with Crippen molar-refractivity contribution in [1.82, 2.24) is 4.90 Å². The zero-order valence-electron chi connectivity index (χ0n) is 16.4. The molecule has 1 amide bonds. The Morgan fingerprint density at radius 3 is 2.56 bits per heavy atom. The van der Waals surface area contributed by atoms with Crippen molar-refractivity contribution in [1.29, 1.82) is 0 Å². The molecule has 1 aliphatic carbocycles. The van der Waals surface area contributed by atoms with Crippen LogP contribution in [0.15, 0.2) is 54.6 Å². The zero-order valence-corrected chi connectivity index (χ0v) is 16.4. The number of anilines is 1. The predicted octanol–water partition coefficient (Wildman–Crippen LogP) is 5.30. The highest BCUT2D eigenvalue weighted by Gasteiger charge is 2.38. The lowest BCUT2D eigenvalue weighted by atomic mass is 9.76. The zero-order chi connectivity index (χ0) is 19.0. The van der Waals surface area contributed by atoms with Crippen LogP contribution in [0.25, 0.3) is 0 Å². The summed E-state index contributed by atoms with van der Waals surface area (Å²) in [5.41, 5.74) is 5.84. The second kappa shape index (κ2) is 7.22. The molecule has 3 heteroatoms. The predicted molar refractivity (Wildman–Crippen MR) is 111 cm³/mol. The Kier molecular flexibility index (Phi) is 4.77. The monoisotopic (exact) mass is 360 g/mol. The number of benzene rings is 2. The first-order valence-electron chi connectivity index (χ1n) is 10.0. The summed E-state index contributed by atoms with van der Waals surface area (Å²) in [6.07, 6.45) is 5.70. The van der Waals surface area contributed by atoms with Crippen molar-refractivity contribution in [3.8, 4) is 0 Å². The molecule has 0 aromatic heterocycles. The number of carbonyl (C=O) groups is 1. The summed E-state index contributed by atoms with van der Waals surface area (Å²) in [5, 5.41) is 3.76. The normalized spacial score (nSPS) is 22.7. The van der Waals surface area contributed by atoms with E-state index in [0.29, 0.717) is 17.9 Å². The molecular weight excluding hydrogens is 332 g/mol. The third-order valence-corrected chi connectivity index (χ3v) is 6.10. The van der Waals surface area contributed by atoms with Crippen molar-refractivity contribution in [2.75, 3.05) is 18.4 Å². The van der Waals surface area contributed by atoms with Gasteiger partial charge in [-0.2, -0.15) is 0 Å². The van der Waals surface area contributed by atoms with Gasteiger partial charge in [0.15, 0.2) is 0 Å². The van der Waals surface area contributed by atoms with Gasteiger partial charge in [0, 0.05) is 30.3 Å². The number of nitrogens with zero attached hydrogens (tertiary/aromatic N) is 1. The summed E-state index contributed by atoms with van der Waals surface area (Å²) in [4.78, 5) is 14.7. The van der Waals surface area contributed by atoms with Gasteiger partial charge in [0.2, 0.25) is 0 Å². The van der Waals surface area contributed by atoms with Crippen LogP contribution in [-0.2, 0) is 0 Å². The Bertz CT molecular complexity index is 864. The minimum atomic E-state index is 0.127. The third-order valence-electron chi connectivity index (χ3n) is 6.10. The van der Waals surface area contributed by atoms with E-state index in [9.17, 15) is 4.79 Å². The molecule has 0 saturated carbocycles. The van der Waals surface area contributed by atoms with Crippen LogP contribution in [0.5, 0.6) is 0 Å². The van der Waals surface area contributed by atoms with E-state index in [0.717, 1.165) is 30.8 Å². The quantitative estimate of drug-likeness (QED) is 0.750. The summed E-state index contributed by atoms with van der Waals surface area (Å²) in [6.45, 7) is 7.67. The molecule has 1 N–H and O–H groups in total. The highest BCUT2D eigenvalue weighted by Crippen LogP contribution is 2.49. The van der Waals surface area contributed by atoms with Crippen LogP contribution in [0.2, 0.25) is 0 Å². The van der Waals surface area contributed by atoms with Gasteiger partial charge in [-0.1, -0.05) is 42.0 Å². The first-order chi connectivity index (χ1) is 13.1. The lowest BCUT2D eigenvalue weighted by Crippen LogP contribution is -2.32. The maximum Gasteiger partial charge on any atom is 0.253 e. The molecule has 3 nitrogen and oxygen atoms in total. The highest BCUT2D eigenvalue weighted by atomic mass is 16.2. The topological polar surface area (TPSA) is 32.3 Å². The van der Waals surface area contributed by atoms with Crippen LogP contribution in [0, 0.1) is 12.8 Å². The average Bonchev–Trinajstić information content (AvgIpc) is 3.19. The molecule has 4 rings (SSSR count). The van der Waals surface area contributed by atoms with Crippen LogP contribution in [0.3, 0.4) is 0 Å². The van der Waals surface area contributed by atoms with E-state index in [-0.39, 0.29) is 5.91 Å². The van der Waals surface area contributed by atoms with Crippen molar-refractivity contribution in [3.63, 3.8) is 0 Å². The Hall–Kier alpha value is -2.55. The second-order valence-electron chi connectivity index (χ2n) is 7.67. The summed E-state index contributed by atoms with van der Waals surface area (Å²) in [5.74, 6) is 0.998. The third kappa shape index (κ3) is 3.16. The molecule has 2 aromatic carbocycles. The lowest BCUT2D eigenvalue weighted by molar-refractivity contribution is 0.0773. The van der Waals surface area contributed by atoms with Gasteiger partial charge in [-0.25, -0.2) is 0 Å². The van der Waals surface area contributed by atoms with E-state index >= 15 is 0 Å². The van der Waals surface area contributed by atoms with Crippen LogP contribution < -0.4 is 5.32 Å². The Morgan fingerprint density at radius 1 is 1.11 bits per heavy atom. The molecule has 0 radical (unpaired) electrons. The Morgan fingerprint density at radius 2 is 1.85 bits per heavy atom. The number of nitrogens with one attached hydrogen (secondary N) is 1. The van der Waals surface area contributed by atoms with E-state index in [1.165, 1.54) is 16.7 Å². The maximum absolute atomic E-state index is 12.8. The molecule has 0 spiro atoms. The molecule has 3 atom stereocenters. The van der Waals surface area contributed by atoms with Gasteiger partial charge in [-0.3, -0.25) is 4.79 Å². The van der Waals surface area contributed by atoms with Gasteiger partial charge >= 0.3 is 0 Å². The second-order valence-corrected chi connectivity index (χ2v) is 7.67. The summed E-state index contributed by atoms with van der Waals surface area (Å²) >= 11 is 0. The van der Waals surface area contributed by atoms with Gasteiger partial charge < -0.3 is 10.2 Å². The first-order valence-corrected chi connectivity index (χ1v) is 10.0. The van der Waals surface area contributed by atoms with Gasteiger partial charge in [0.05, 0.1) is 6.04 Å². The van der Waals surface area contributed by atoms with E-state index in [1.54, 1.807) is 0 Å². The van der Waals surface area contributed by atoms with Crippen molar-refractivity contribution in [3.05, 3.63) is 76.9 Å².